The molecule has 1 heterocycles. The van der Waals surface area contributed by atoms with Gasteiger partial charge in [0.25, 0.3) is 5.91 Å². The second kappa shape index (κ2) is 4.58. The zero-order valence-electron chi connectivity index (χ0n) is 9.12. The fourth-order valence-electron chi connectivity index (χ4n) is 1.35. The number of aromatic amines is 1. The number of nitrogens with zero attached hydrogens (tertiary/aromatic N) is 1. The molecule has 5 nitrogen and oxygen atoms in total. The molecule has 2 rings (SSSR count). The van der Waals surface area contributed by atoms with Crippen molar-refractivity contribution >= 4 is 33.3 Å². The Bertz CT molecular complexity index is 564. The summed E-state index contributed by atoms with van der Waals surface area (Å²) in [6.07, 6.45) is 1.40. The molecule has 0 spiro atoms. The van der Waals surface area contributed by atoms with Gasteiger partial charge < -0.3 is 11.1 Å². The van der Waals surface area contributed by atoms with Gasteiger partial charge in [-0.1, -0.05) is 22.0 Å². The van der Waals surface area contributed by atoms with Crippen molar-refractivity contribution in [1.82, 2.24) is 10.2 Å². The van der Waals surface area contributed by atoms with Gasteiger partial charge >= 0.3 is 0 Å². The van der Waals surface area contributed by atoms with Crippen LogP contribution >= 0.6 is 15.9 Å². The maximum Gasteiger partial charge on any atom is 0.261 e. The number of amides is 1. The van der Waals surface area contributed by atoms with Crippen LogP contribution in [-0.2, 0) is 0 Å². The molecular weight excluding hydrogens is 284 g/mol. The van der Waals surface area contributed by atoms with Crippen molar-refractivity contribution in [2.24, 2.45) is 0 Å². The second-order valence-corrected chi connectivity index (χ2v) is 4.47. The van der Waals surface area contributed by atoms with E-state index >= 15 is 0 Å². The number of benzene rings is 1. The lowest BCUT2D eigenvalue weighted by atomic mass is 10.2. The number of aromatic nitrogens is 2. The van der Waals surface area contributed by atoms with Crippen LogP contribution in [0.3, 0.4) is 0 Å². The maximum atomic E-state index is 11.8. The number of nitrogen functional groups attached to an aromatic ring is 1. The van der Waals surface area contributed by atoms with E-state index in [9.17, 15) is 4.79 Å². The lowest BCUT2D eigenvalue weighted by Gasteiger charge is -2.06. The van der Waals surface area contributed by atoms with Crippen molar-refractivity contribution in [3.63, 3.8) is 0 Å². The standard InChI is InChI=1S/C11H11BrN4O/c1-6-2-3-7(4-9(6)12)15-11(17)8-5-14-16-10(8)13/h2-5H,1H3,(H,15,17)(H3,13,14,16). The maximum absolute atomic E-state index is 11.8. The summed E-state index contributed by atoms with van der Waals surface area (Å²) in [7, 11) is 0. The van der Waals surface area contributed by atoms with Gasteiger partial charge in [-0.05, 0) is 24.6 Å². The Kier molecular flexibility index (Phi) is 3.14. The van der Waals surface area contributed by atoms with Crippen LogP contribution in [0.25, 0.3) is 0 Å². The number of nitrogens with one attached hydrogen (secondary N) is 2. The Hall–Kier alpha value is -1.82. The number of nitrogens with two attached hydrogens (primary N) is 1. The molecule has 4 N–H and O–H groups in total. The molecule has 1 amide bonds. The van der Waals surface area contributed by atoms with Crippen LogP contribution in [0, 0.1) is 6.92 Å². The Morgan fingerprint density at radius 2 is 2.29 bits per heavy atom. The first-order valence-corrected chi connectivity index (χ1v) is 5.73. The molecule has 17 heavy (non-hydrogen) atoms. The molecule has 1 aromatic carbocycles. The SMILES string of the molecule is Cc1ccc(NC(=O)c2cn[nH]c2N)cc1Br. The van der Waals surface area contributed by atoms with E-state index in [0.717, 1.165) is 10.0 Å². The predicted octanol–water partition coefficient (Wildman–Crippen LogP) is 2.32. The summed E-state index contributed by atoms with van der Waals surface area (Å²) in [5.41, 5.74) is 7.70. The number of anilines is 2. The van der Waals surface area contributed by atoms with Gasteiger partial charge in [0.1, 0.15) is 11.4 Å². The van der Waals surface area contributed by atoms with E-state index in [2.05, 4.69) is 31.4 Å². The first kappa shape index (κ1) is 11.7. The van der Waals surface area contributed by atoms with Gasteiger partial charge in [-0.2, -0.15) is 5.10 Å². The average molecular weight is 295 g/mol. The molecule has 88 valence electrons. The molecule has 0 bridgehead atoms. The van der Waals surface area contributed by atoms with Gasteiger partial charge in [-0.15, -0.1) is 0 Å². The lowest BCUT2D eigenvalue weighted by Crippen LogP contribution is -2.12. The zero-order valence-corrected chi connectivity index (χ0v) is 10.7. The van der Waals surface area contributed by atoms with Crippen molar-refractivity contribution in [3.8, 4) is 0 Å². The van der Waals surface area contributed by atoms with Crippen molar-refractivity contribution in [2.45, 2.75) is 6.92 Å². The van der Waals surface area contributed by atoms with Crippen molar-refractivity contribution < 1.29 is 4.79 Å². The number of halogens is 1. The van der Waals surface area contributed by atoms with Gasteiger partial charge in [0.15, 0.2) is 0 Å². The highest BCUT2D eigenvalue weighted by molar-refractivity contribution is 9.10. The van der Waals surface area contributed by atoms with Crippen LogP contribution in [0.15, 0.2) is 28.9 Å². The fourth-order valence-corrected chi connectivity index (χ4v) is 1.72. The van der Waals surface area contributed by atoms with Gasteiger partial charge in [0.05, 0.1) is 6.20 Å². The summed E-state index contributed by atoms with van der Waals surface area (Å²) in [5.74, 6) is -0.0271. The first-order valence-electron chi connectivity index (χ1n) is 4.94. The quantitative estimate of drug-likeness (QED) is 0.795. The van der Waals surface area contributed by atoms with E-state index in [1.165, 1.54) is 6.20 Å². The van der Waals surface area contributed by atoms with Gasteiger partial charge in [0, 0.05) is 10.2 Å². The van der Waals surface area contributed by atoms with Crippen LogP contribution in [0.4, 0.5) is 11.5 Å². The molecule has 0 aliphatic heterocycles. The smallest absolute Gasteiger partial charge is 0.261 e. The Morgan fingerprint density at radius 1 is 1.53 bits per heavy atom. The summed E-state index contributed by atoms with van der Waals surface area (Å²) in [6, 6.07) is 5.58. The zero-order chi connectivity index (χ0) is 12.4. The molecular formula is C11H11BrN4O. The van der Waals surface area contributed by atoms with Crippen molar-refractivity contribution in [3.05, 3.63) is 40.0 Å². The van der Waals surface area contributed by atoms with Crippen molar-refractivity contribution in [2.75, 3.05) is 11.1 Å². The molecule has 0 saturated heterocycles. The molecule has 2 aromatic rings. The first-order chi connectivity index (χ1) is 8.08. The molecule has 0 fully saturated rings. The Balaban J connectivity index is 2.19. The van der Waals surface area contributed by atoms with Crippen LogP contribution in [0.1, 0.15) is 15.9 Å². The van der Waals surface area contributed by atoms with Crippen LogP contribution in [0.5, 0.6) is 0 Å². The van der Waals surface area contributed by atoms with Crippen LogP contribution in [-0.4, -0.2) is 16.1 Å². The van der Waals surface area contributed by atoms with E-state index in [1.807, 2.05) is 25.1 Å². The van der Waals surface area contributed by atoms with Gasteiger partial charge in [-0.3, -0.25) is 9.89 Å². The topological polar surface area (TPSA) is 83.8 Å². The number of H-pyrrole nitrogens is 1. The minimum atomic E-state index is -0.285. The molecule has 0 atom stereocenters. The van der Waals surface area contributed by atoms with E-state index in [1.54, 1.807) is 0 Å². The number of hydrogen-bond donors (Lipinski definition) is 3. The van der Waals surface area contributed by atoms with Gasteiger partial charge in [0.2, 0.25) is 0 Å². The lowest BCUT2D eigenvalue weighted by molar-refractivity contribution is 0.102. The minimum Gasteiger partial charge on any atom is -0.383 e. The van der Waals surface area contributed by atoms with Crippen LogP contribution < -0.4 is 11.1 Å². The Labute approximate surface area is 107 Å². The van der Waals surface area contributed by atoms with E-state index in [4.69, 9.17) is 5.73 Å². The largest absolute Gasteiger partial charge is 0.383 e. The average Bonchev–Trinajstić information content (AvgIpc) is 2.70. The third kappa shape index (κ3) is 2.47. The third-order valence-corrected chi connectivity index (χ3v) is 3.20. The third-order valence-electron chi connectivity index (χ3n) is 2.34. The highest BCUT2D eigenvalue weighted by Crippen LogP contribution is 2.21. The van der Waals surface area contributed by atoms with E-state index < -0.39 is 0 Å². The highest BCUT2D eigenvalue weighted by atomic mass is 79.9. The molecule has 1 aromatic heterocycles. The number of hydrogen-bond acceptors (Lipinski definition) is 3. The second-order valence-electron chi connectivity index (χ2n) is 3.62. The molecule has 0 aliphatic rings. The summed E-state index contributed by atoms with van der Waals surface area (Å²) in [5, 5.41) is 8.95. The minimum absolute atomic E-state index is 0.258. The number of rotatable bonds is 2. The number of carbonyl (C=O) groups is 1. The van der Waals surface area contributed by atoms with Crippen LogP contribution in [0.2, 0.25) is 0 Å². The normalized spacial score (nSPS) is 10.2. The number of aryl methyl sites for hydroxylation is 1. The monoisotopic (exact) mass is 294 g/mol. The molecule has 0 unspecified atom stereocenters. The Morgan fingerprint density at radius 3 is 2.88 bits per heavy atom. The van der Waals surface area contributed by atoms with E-state index in [0.29, 0.717) is 11.3 Å². The molecule has 0 aliphatic carbocycles. The van der Waals surface area contributed by atoms with Gasteiger partial charge in [-0.25, -0.2) is 0 Å². The summed E-state index contributed by atoms with van der Waals surface area (Å²) < 4.78 is 0.940. The van der Waals surface area contributed by atoms with E-state index in [-0.39, 0.29) is 11.7 Å². The molecule has 0 saturated carbocycles. The van der Waals surface area contributed by atoms with Crippen molar-refractivity contribution in [1.29, 1.82) is 0 Å². The predicted molar refractivity (Wildman–Crippen MR) is 69.8 cm³/mol. The summed E-state index contributed by atoms with van der Waals surface area (Å²) in [4.78, 5) is 11.8. The fraction of sp³-hybridized carbons (Fsp3) is 0.0909. The summed E-state index contributed by atoms with van der Waals surface area (Å²) >= 11 is 3.40. The summed E-state index contributed by atoms with van der Waals surface area (Å²) in [6.45, 7) is 1.98. The molecule has 0 radical (unpaired) electrons. The molecule has 6 heteroatoms. The highest BCUT2D eigenvalue weighted by Gasteiger charge is 2.11. The number of carbonyl (C=O) groups excluding carboxylic acids is 1.